The number of carbonyl (C=O) groups is 1. The van der Waals surface area contributed by atoms with Crippen LogP contribution in [0.4, 0.5) is 10.5 Å². The van der Waals surface area contributed by atoms with Gasteiger partial charge in [-0.25, -0.2) is 4.79 Å². The molecular weight excluding hydrogens is 312 g/mol. The van der Waals surface area contributed by atoms with E-state index in [-0.39, 0.29) is 11.4 Å². The number of hydrogen-bond acceptors (Lipinski definition) is 2. The summed E-state index contributed by atoms with van der Waals surface area (Å²) in [6.45, 7) is 11.4. The Labute approximate surface area is 150 Å². The molecule has 0 saturated heterocycles. The molecule has 0 aromatic heterocycles. The number of amides is 2. The summed E-state index contributed by atoms with van der Waals surface area (Å²) in [6, 6.07) is 13.8. The highest BCUT2D eigenvalue weighted by Crippen LogP contribution is 2.25. The van der Waals surface area contributed by atoms with Crippen molar-refractivity contribution >= 4 is 11.7 Å². The monoisotopic (exact) mass is 340 g/mol. The lowest BCUT2D eigenvalue weighted by Crippen LogP contribution is -2.32. The maximum absolute atomic E-state index is 12.0. The van der Waals surface area contributed by atoms with Crippen molar-refractivity contribution in [3.05, 3.63) is 59.2 Å². The molecule has 0 bridgehead atoms. The predicted octanol–water partition coefficient (Wildman–Crippen LogP) is 4.80. The van der Waals surface area contributed by atoms with E-state index in [1.165, 1.54) is 11.1 Å². The summed E-state index contributed by atoms with van der Waals surface area (Å²) in [5.41, 5.74) is 4.36. The molecule has 0 aliphatic heterocycles. The van der Waals surface area contributed by atoms with Crippen molar-refractivity contribution in [3.8, 4) is 5.75 Å². The smallest absolute Gasteiger partial charge is 0.319 e. The van der Waals surface area contributed by atoms with E-state index in [2.05, 4.69) is 43.5 Å². The van der Waals surface area contributed by atoms with Crippen LogP contribution in [0.15, 0.2) is 42.5 Å². The minimum Gasteiger partial charge on any atom is -0.492 e. The summed E-state index contributed by atoms with van der Waals surface area (Å²) in [4.78, 5) is 12.0. The van der Waals surface area contributed by atoms with Crippen molar-refractivity contribution in [2.75, 3.05) is 18.5 Å². The van der Waals surface area contributed by atoms with E-state index < -0.39 is 0 Å². The number of anilines is 1. The number of hydrogen-bond donors (Lipinski definition) is 2. The zero-order valence-electron chi connectivity index (χ0n) is 15.8. The van der Waals surface area contributed by atoms with Crippen molar-refractivity contribution < 1.29 is 9.53 Å². The molecule has 0 atom stereocenters. The standard InChI is InChI=1S/C21H28N2O2/c1-15-9-10-19(16(2)13-15)23-20(24)22-11-12-25-18-8-6-7-17(14-18)21(3,4)5/h6-10,13-14H,11-12H2,1-5H3,(H2,22,23,24). The lowest BCUT2D eigenvalue weighted by Gasteiger charge is -2.19. The van der Waals surface area contributed by atoms with Gasteiger partial charge in [0, 0.05) is 5.69 Å². The Kier molecular flexibility index (Phi) is 6.07. The van der Waals surface area contributed by atoms with Gasteiger partial charge in [-0.3, -0.25) is 0 Å². The van der Waals surface area contributed by atoms with Gasteiger partial charge in [-0.2, -0.15) is 0 Å². The van der Waals surface area contributed by atoms with E-state index >= 15 is 0 Å². The molecule has 0 spiro atoms. The van der Waals surface area contributed by atoms with Crippen molar-refractivity contribution in [3.63, 3.8) is 0 Å². The molecule has 0 unspecified atom stereocenters. The van der Waals surface area contributed by atoms with Gasteiger partial charge >= 0.3 is 6.03 Å². The quantitative estimate of drug-likeness (QED) is 0.768. The molecule has 25 heavy (non-hydrogen) atoms. The minimum absolute atomic E-state index is 0.0867. The average molecular weight is 340 g/mol. The minimum atomic E-state index is -0.223. The molecule has 2 amide bonds. The fourth-order valence-corrected chi connectivity index (χ4v) is 2.51. The second-order valence-electron chi connectivity index (χ2n) is 7.33. The van der Waals surface area contributed by atoms with Gasteiger partial charge in [-0.15, -0.1) is 0 Å². The van der Waals surface area contributed by atoms with E-state index in [4.69, 9.17) is 4.74 Å². The topological polar surface area (TPSA) is 50.4 Å². The van der Waals surface area contributed by atoms with E-state index in [0.29, 0.717) is 13.2 Å². The van der Waals surface area contributed by atoms with Crippen molar-refractivity contribution in [1.29, 1.82) is 0 Å². The summed E-state index contributed by atoms with van der Waals surface area (Å²) < 4.78 is 5.74. The summed E-state index contributed by atoms with van der Waals surface area (Å²) in [7, 11) is 0. The van der Waals surface area contributed by atoms with Crippen molar-refractivity contribution in [2.45, 2.75) is 40.0 Å². The van der Waals surface area contributed by atoms with Gasteiger partial charge in [0.05, 0.1) is 6.54 Å². The van der Waals surface area contributed by atoms with Crippen LogP contribution in [0, 0.1) is 13.8 Å². The SMILES string of the molecule is Cc1ccc(NC(=O)NCCOc2cccc(C(C)(C)C)c2)c(C)c1. The highest BCUT2D eigenvalue weighted by atomic mass is 16.5. The Hall–Kier alpha value is -2.49. The fraction of sp³-hybridized carbons (Fsp3) is 0.381. The number of carbonyl (C=O) groups excluding carboxylic acids is 1. The number of nitrogens with one attached hydrogen (secondary N) is 2. The largest absolute Gasteiger partial charge is 0.492 e. The summed E-state index contributed by atoms with van der Waals surface area (Å²) in [5, 5.41) is 5.67. The van der Waals surface area contributed by atoms with Crippen molar-refractivity contribution in [2.24, 2.45) is 0 Å². The molecule has 0 radical (unpaired) electrons. The fourth-order valence-electron chi connectivity index (χ4n) is 2.51. The lowest BCUT2D eigenvalue weighted by atomic mass is 9.87. The number of ether oxygens (including phenoxy) is 1. The van der Waals surface area contributed by atoms with Crippen LogP contribution >= 0.6 is 0 Å². The maximum Gasteiger partial charge on any atom is 0.319 e. The second kappa shape index (κ2) is 8.06. The van der Waals surface area contributed by atoms with E-state index in [0.717, 1.165) is 17.0 Å². The highest BCUT2D eigenvalue weighted by Gasteiger charge is 2.13. The van der Waals surface area contributed by atoms with E-state index in [1.54, 1.807) is 0 Å². The summed E-state index contributed by atoms with van der Waals surface area (Å²) >= 11 is 0. The first-order valence-corrected chi connectivity index (χ1v) is 8.61. The number of urea groups is 1. The molecule has 4 nitrogen and oxygen atoms in total. The van der Waals surface area contributed by atoms with Crippen molar-refractivity contribution in [1.82, 2.24) is 5.32 Å². The summed E-state index contributed by atoms with van der Waals surface area (Å²) in [5.74, 6) is 0.823. The van der Waals surface area contributed by atoms with Crippen LogP contribution < -0.4 is 15.4 Å². The zero-order chi connectivity index (χ0) is 18.4. The van der Waals surface area contributed by atoms with E-state index in [1.807, 2.05) is 44.2 Å². The third kappa shape index (κ3) is 5.82. The average Bonchev–Trinajstić information content (AvgIpc) is 2.54. The molecule has 2 rings (SSSR count). The molecule has 0 heterocycles. The van der Waals surface area contributed by atoms with Crippen LogP contribution in [-0.2, 0) is 5.41 Å². The van der Waals surface area contributed by atoms with Crippen LogP contribution in [-0.4, -0.2) is 19.2 Å². The Morgan fingerprint density at radius 3 is 2.52 bits per heavy atom. The lowest BCUT2D eigenvalue weighted by molar-refractivity contribution is 0.247. The summed E-state index contributed by atoms with van der Waals surface area (Å²) in [6.07, 6.45) is 0. The van der Waals surface area contributed by atoms with Gasteiger partial charge in [0.1, 0.15) is 12.4 Å². The zero-order valence-corrected chi connectivity index (χ0v) is 15.8. The Morgan fingerprint density at radius 2 is 1.84 bits per heavy atom. The molecule has 0 aliphatic rings. The molecule has 0 fully saturated rings. The number of rotatable bonds is 5. The first kappa shape index (κ1) is 18.8. The predicted molar refractivity (Wildman–Crippen MR) is 104 cm³/mol. The van der Waals surface area contributed by atoms with Gasteiger partial charge < -0.3 is 15.4 Å². The van der Waals surface area contributed by atoms with Crippen LogP contribution in [0.1, 0.15) is 37.5 Å². The van der Waals surface area contributed by atoms with Gasteiger partial charge in [0.2, 0.25) is 0 Å². The molecule has 2 aromatic carbocycles. The second-order valence-corrected chi connectivity index (χ2v) is 7.33. The normalized spacial score (nSPS) is 11.1. The maximum atomic E-state index is 12.0. The van der Waals surface area contributed by atoms with Crippen LogP contribution in [0.5, 0.6) is 5.75 Å². The van der Waals surface area contributed by atoms with Gasteiger partial charge in [-0.05, 0) is 48.6 Å². The van der Waals surface area contributed by atoms with Gasteiger partial charge in [0.15, 0.2) is 0 Å². The molecule has 0 saturated carbocycles. The Morgan fingerprint density at radius 1 is 1.08 bits per heavy atom. The third-order valence-corrected chi connectivity index (χ3v) is 3.99. The molecule has 0 aliphatic carbocycles. The van der Waals surface area contributed by atoms with Crippen LogP contribution in [0.2, 0.25) is 0 Å². The van der Waals surface area contributed by atoms with Gasteiger partial charge in [0.25, 0.3) is 0 Å². The molecule has 2 aromatic rings. The Bertz CT molecular complexity index is 733. The first-order chi connectivity index (χ1) is 11.8. The van der Waals surface area contributed by atoms with Crippen LogP contribution in [0.3, 0.4) is 0 Å². The first-order valence-electron chi connectivity index (χ1n) is 8.61. The number of aryl methyl sites for hydroxylation is 2. The molecule has 2 N–H and O–H groups in total. The Balaban J connectivity index is 1.78. The third-order valence-electron chi connectivity index (χ3n) is 3.99. The molecule has 134 valence electrons. The highest BCUT2D eigenvalue weighted by molar-refractivity contribution is 5.90. The molecular formula is C21H28N2O2. The van der Waals surface area contributed by atoms with E-state index in [9.17, 15) is 4.79 Å². The molecule has 4 heteroatoms. The number of benzene rings is 2. The van der Waals surface area contributed by atoms with Gasteiger partial charge in [-0.1, -0.05) is 50.6 Å². The van der Waals surface area contributed by atoms with Crippen LogP contribution in [0.25, 0.3) is 0 Å².